The zero-order chi connectivity index (χ0) is 14.4. The Morgan fingerprint density at radius 1 is 1.19 bits per heavy atom. The third kappa shape index (κ3) is 2.01. The number of nitrogens with zero attached hydrogens (tertiary/aromatic N) is 1. The first-order valence-electron chi connectivity index (χ1n) is 7.93. The fourth-order valence-corrected chi connectivity index (χ4v) is 4.48. The van der Waals surface area contributed by atoms with E-state index in [0.717, 1.165) is 30.0 Å². The molecule has 3 nitrogen and oxygen atoms in total. The monoisotopic (exact) mass is 305 g/mol. The van der Waals surface area contributed by atoms with Gasteiger partial charge in [-0.25, -0.2) is 0 Å². The molecule has 3 atom stereocenters. The summed E-state index contributed by atoms with van der Waals surface area (Å²) in [6.45, 7) is 0.775. The lowest BCUT2D eigenvalue weighted by molar-refractivity contribution is -0.221. The molecule has 4 heteroatoms. The van der Waals surface area contributed by atoms with Gasteiger partial charge in [0.15, 0.2) is 5.72 Å². The predicted molar refractivity (Wildman–Crippen MR) is 80.9 cm³/mol. The molecule has 0 N–H and O–H groups in total. The first-order chi connectivity index (χ1) is 10.2. The highest BCUT2D eigenvalue weighted by Gasteiger charge is 2.55. The molecule has 112 valence electrons. The van der Waals surface area contributed by atoms with E-state index in [0.29, 0.717) is 18.4 Å². The Morgan fingerprint density at radius 2 is 1.95 bits per heavy atom. The Balaban J connectivity index is 1.76. The molecule has 1 amide bonds. The van der Waals surface area contributed by atoms with Crippen LogP contribution < -0.4 is 0 Å². The van der Waals surface area contributed by atoms with Gasteiger partial charge in [0.1, 0.15) is 0 Å². The van der Waals surface area contributed by atoms with Crippen molar-refractivity contribution in [3.05, 3.63) is 34.9 Å². The standard InChI is InChI=1S/C17H20ClNO2/c18-14-7-5-13(6-8-14)17-10-9-16(20)19(17)15-4-2-1-3-12(15)11-21-17/h5-8,12,15H,1-4,9-11H2/t12-,15+,17?/m0/s1. The minimum atomic E-state index is -0.541. The number of carbonyl (C=O) groups excluding carboxylic acids is 1. The van der Waals surface area contributed by atoms with Crippen LogP contribution in [0.15, 0.2) is 24.3 Å². The molecule has 1 aromatic carbocycles. The van der Waals surface area contributed by atoms with Gasteiger partial charge in [0.25, 0.3) is 0 Å². The van der Waals surface area contributed by atoms with Crippen LogP contribution in [0.2, 0.25) is 5.02 Å². The van der Waals surface area contributed by atoms with Crippen molar-refractivity contribution in [2.24, 2.45) is 5.92 Å². The maximum absolute atomic E-state index is 12.5. The van der Waals surface area contributed by atoms with E-state index in [1.165, 1.54) is 19.3 Å². The molecule has 4 rings (SSSR count). The molecule has 21 heavy (non-hydrogen) atoms. The van der Waals surface area contributed by atoms with Crippen LogP contribution in [-0.4, -0.2) is 23.5 Å². The van der Waals surface area contributed by atoms with Crippen molar-refractivity contribution < 1.29 is 9.53 Å². The Labute approximate surface area is 130 Å². The van der Waals surface area contributed by atoms with E-state index in [2.05, 4.69) is 4.90 Å². The van der Waals surface area contributed by atoms with Gasteiger partial charge in [-0.3, -0.25) is 4.79 Å². The first kappa shape index (κ1) is 13.6. The number of halogens is 1. The van der Waals surface area contributed by atoms with Crippen molar-refractivity contribution in [2.75, 3.05) is 6.61 Å². The normalized spacial score (nSPS) is 35.5. The second kappa shape index (κ2) is 4.99. The zero-order valence-electron chi connectivity index (χ0n) is 12.1. The van der Waals surface area contributed by atoms with Crippen molar-refractivity contribution in [1.29, 1.82) is 0 Å². The van der Waals surface area contributed by atoms with Gasteiger partial charge in [-0.2, -0.15) is 0 Å². The van der Waals surface area contributed by atoms with Crippen molar-refractivity contribution >= 4 is 17.5 Å². The third-order valence-corrected chi connectivity index (χ3v) is 5.62. The maximum atomic E-state index is 12.5. The summed E-state index contributed by atoms with van der Waals surface area (Å²) >= 11 is 6.01. The number of fused-ring (bicyclic) bond motifs is 3. The number of hydrogen-bond acceptors (Lipinski definition) is 2. The number of hydrogen-bond donors (Lipinski definition) is 0. The summed E-state index contributed by atoms with van der Waals surface area (Å²) in [5, 5.41) is 0.720. The molecule has 0 radical (unpaired) electrons. The van der Waals surface area contributed by atoms with Crippen LogP contribution in [0.1, 0.15) is 44.1 Å². The minimum absolute atomic E-state index is 0.251. The molecule has 1 aromatic rings. The quantitative estimate of drug-likeness (QED) is 0.791. The molecule has 2 saturated heterocycles. The highest BCUT2D eigenvalue weighted by Crippen LogP contribution is 2.49. The molecule has 1 unspecified atom stereocenters. The van der Waals surface area contributed by atoms with Gasteiger partial charge in [0.05, 0.1) is 6.61 Å². The highest BCUT2D eigenvalue weighted by molar-refractivity contribution is 6.30. The highest BCUT2D eigenvalue weighted by atomic mass is 35.5. The second-order valence-electron chi connectivity index (χ2n) is 6.48. The lowest BCUT2D eigenvalue weighted by Crippen LogP contribution is -2.59. The lowest BCUT2D eigenvalue weighted by atomic mass is 9.81. The van der Waals surface area contributed by atoms with Crippen molar-refractivity contribution in [1.82, 2.24) is 4.90 Å². The fourth-order valence-electron chi connectivity index (χ4n) is 4.36. The van der Waals surface area contributed by atoms with Gasteiger partial charge in [0.2, 0.25) is 5.91 Å². The van der Waals surface area contributed by atoms with Crippen LogP contribution in [0.25, 0.3) is 0 Å². The van der Waals surface area contributed by atoms with Gasteiger partial charge < -0.3 is 9.64 Å². The number of ether oxygens (including phenoxy) is 1. The Bertz CT molecular complexity index is 558. The number of amides is 1. The van der Waals surface area contributed by atoms with Gasteiger partial charge in [-0.05, 0) is 25.0 Å². The summed E-state index contributed by atoms with van der Waals surface area (Å²) in [4.78, 5) is 14.6. The van der Waals surface area contributed by atoms with Crippen molar-refractivity contribution in [3.63, 3.8) is 0 Å². The van der Waals surface area contributed by atoms with Crippen LogP contribution in [0.4, 0.5) is 0 Å². The molecule has 0 aromatic heterocycles. The smallest absolute Gasteiger partial charge is 0.225 e. The predicted octanol–water partition coefficient (Wildman–Crippen LogP) is 3.70. The largest absolute Gasteiger partial charge is 0.351 e. The summed E-state index contributed by atoms with van der Waals surface area (Å²) in [6.07, 6.45) is 6.14. The second-order valence-corrected chi connectivity index (χ2v) is 6.91. The van der Waals surface area contributed by atoms with Crippen molar-refractivity contribution in [3.8, 4) is 0 Å². The SMILES string of the molecule is O=C1CCC2(c3ccc(Cl)cc3)OC[C@@H]3CCCC[C@H]3N12. The van der Waals surface area contributed by atoms with E-state index in [9.17, 15) is 4.79 Å². The van der Waals surface area contributed by atoms with E-state index in [1.807, 2.05) is 24.3 Å². The molecule has 2 aliphatic heterocycles. The summed E-state index contributed by atoms with van der Waals surface area (Å²) < 4.78 is 6.32. The maximum Gasteiger partial charge on any atom is 0.225 e. The molecule has 1 aliphatic carbocycles. The van der Waals surface area contributed by atoms with Crippen molar-refractivity contribution in [2.45, 2.75) is 50.3 Å². The number of benzene rings is 1. The van der Waals surface area contributed by atoms with Crippen LogP contribution >= 0.6 is 11.6 Å². The molecule has 3 fully saturated rings. The van der Waals surface area contributed by atoms with E-state index >= 15 is 0 Å². The summed E-state index contributed by atoms with van der Waals surface area (Å²) in [5.74, 6) is 0.766. The van der Waals surface area contributed by atoms with Crippen LogP contribution in [0.3, 0.4) is 0 Å². The molecular weight excluding hydrogens is 286 g/mol. The first-order valence-corrected chi connectivity index (χ1v) is 8.31. The molecular formula is C17H20ClNO2. The Morgan fingerprint density at radius 3 is 2.76 bits per heavy atom. The van der Waals surface area contributed by atoms with E-state index in [1.54, 1.807) is 0 Å². The molecule has 2 heterocycles. The van der Waals surface area contributed by atoms with E-state index < -0.39 is 5.72 Å². The Kier molecular flexibility index (Phi) is 3.23. The average Bonchev–Trinajstić information content (AvgIpc) is 2.87. The lowest BCUT2D eigenvalue weighted by Gasteiger charge is -2.52. The van der Waals surface area contributed by atoms with E-state index in [4.69, 9.17) is 16.3 Å². The molecule has 0 spiro atoms. The van der Waals surface area contributed by atoms with Gasteiger partial charge >= 0.3 is 0 Å². The topological polar surface area (TPSA) is 29.5 Å². The van der Waals surface area contributed by atoms with Gasteiger partial charge in [0, 0.05) is 35.4 Å². The molecule has 1 saturated carbocycles. The van der Waals surface area contributed by atoms with Crippen LogP contribution in [-0.2, 0) is 15.3 Å². The fraction of sp³-hybridized carbons (Fsp3) is 0.588. The summed E-state index contributed by atoms with van der Waals surface area (Å²) in [5.41, 5.74) is 0.530. The summed E-state index contributed by atoms with van der Waals surface area (Å²) in [7, 11) is 0. The van der Waals surface area contributed by atoms with E-state index in [-0.39, 0.29) is 5.91 Å². The van der Waals surface area contributed by atoms with Gasteiger partial charge in [-0.1, -0.05) is 36.6 Å². The molecule has 0 bridgehead atoms. The zero-order valence-corrected chi connectivity index (χ0v) is 12.8. The summed E-state index contributed by atoms with van der Waals surface area (Å²) in [6, 6.07) is 8.17. The molecule has 3 aliphatic rings. The average molecular weight is 306 g/mol. The number of rotatable bonds is 1. The minimum Gasteiger partial charge on any atom is -0.351 e. The number of carbonyl (C=O) groups is 1. The van der Waals surface area contributed by atoms with Crippen LogP contribution in [0.5, 0.6) is 0 Å². The third-order valence-electron chi connectivity index (χ3n) is 5.37. The van der Waals surface area contributed by atoms with Gasteiger partial charge in [-0.15, -0.1) is 0 Å². The Hall–Kier alpha value is -1.06. The van der Waals surface area contributed by atoms with Crippen LogP contribution in [0, 0.1) is 5.92 Å².